The number of sulfonamides is 1. The molecule has 3 aromatic carbocycles. The van der Waals surface area contributed by atoms with Gasteiger partial charge in [0.1, 0.15) is 0 Å². The Bertz CT molecular complexity index is 1920. The number of benzene rings is 3. The number of nitrogens with zero attached hydrogens (tertiary/aromatic N) is 5. The maximum absolute atomic E-state index is 13.6. The minimum absolute atomic E-state index is 0.0116. The highest BCUT2D eigenvalue weighted by molar-refractivity contribution is 7.92. The third kappa shape index (κ3) is 5.90. The van der Waals surface area contributed by atoms with Crippen molar-refractivity contribution in [2.75, 3.05) is 4.72 Å². The number of hydrogen-bond donors (Lipinski definition) is 2. The molecule has 206 valence electrons. The lowest BCUT2D eigenvalue weighted by molar-refractivity contribution is -0.384. The second kappa shape index (κ2) is 11.2. The van der Waals surface area contributed by atoms with Crippen LogP contribution in [0.4, 0.5) is 17.2 Å². The molecular weight excluding hydrogens is 570 g/mol. The van der Waals surface area contributed by atoms with Crippen LogP contribution in [0, 0.1) is 10.1 Å². The summed E-state index contributed by atoms with van der Waals surface area (Å²) in [5.74, 6) is 0.0116. The monoisotopic (exact) mass is 589 g/mol. The molecule has 2 aromatic heterocycles. The molecule has 2 heterocycles. The van der Waals surface area contributed by atoms with E-state index in [0.717, 1.165) is 5.56 Å². The van der Waals surface area contributed by atoms with Crippen LogP contribution in [0.15, 0.2) is 106 Å². The van der Waals surface area contributed by atoms with Crippen molar-refractivity contribution in [3.63, 3.8) is 0 Å². The summed E-state index contributed by atoms with van der Waals surface area (Å²) in [6.07, 6.45) is 0. The Labute approximate surface area is 238 Å². The third-order valence-electron chi connectivity index (χ3n) is 5.95. The molecule has 0 bridgehead atoms. The van der Waals surface area contributed by atoms with Crippen LogP contribution in [-0.2, 0) is 10.0 Å². The maximum Gasteiger partial charge on any atom is 0.280 e. The van der Waals surface area contributed by atoms with E-state index in [1.807, 2.05) is 30.3 Å². The highest BCUT2D eigenvalue weighted by Crippen LogP contribution is 2.25. The first-order valence-corrected chi connectivity index (χ1v) is 13.8. The number of nitro groups is 1. The predicted octanol–water partition coefficient (Wildman–Crippen LogP) is 5.13. The van der Waals surface area contributed by atoms with E-state index in [0.29, 0.717) is 22.8 Å². The topological polar surface area (TPSA) is 165 Å². The highest BCUT2D eigenvalue weighted by atomic mass is 35.5. The molecule has 0 radical (unpaired) electrons. The number of aliphatic imine (C=N–C) groups is 1. The number of aromatic amines is 1. The molecule has 0 aliphatic carbocycles. The minimum Gasteiger partial charge on any atom is -0.290 e. The van der Waals surface area contributed by atoms with Crippen molar-refractivity contribution in [3.05, 3.63) is 122 Å². The first-order valence-electron chi connectivity index (χ1n) is 12.0. The summed E-state index contributed by atoms with van der Waals surface area (Å²) in [7, 11) is -3.95. The zero-order valence-electron chi connectivity index (χ0n) is 21.2. The Kier molecular flexibility index (Phi) is 7.46. The molecule has 0 fully saturated rings. The van der Waals surface area contributed by atoms with E-state index in [9.17, 15) is 23.3 Å². The number of nitrogens with one attached hydrogen (secondary N) is 2. The Morgan fingerprint density at radius 1 is 0.976 bits per heavy atom. The molecular formula is C27H20ClN7O5S. The van der Waals surface area contributed by atoms with Gasteiger partial charge in [-0.3, -0.25) is 29.7 Å². The number of anilines is 1. The summed E-state index contributed by atoms with van der Waals surface area (Å²) in [6, 6.07) is 23.3. The fourth-order valence-electron chi connectivity index (χ4n) is 4.01. The molecule has 41 heavy (non-hydrogen) atoms. The van der Waals surface area contributed by atoms with Crippen molar-refractivity contribution in [1.82, 2.24) is 20.0 Å². The van der Waals surface area contributed by atoms with Crippen molar-refractivity contribution < 1.29 is 13.3 Å². The van der Waals surface area contributed by atoms with Crippen molar-refractivity contribution in [3.8, 4) is 16.9 Å². The van der Waals surface area contributed by atoms with Crippen LogP contribution < -0.4 is 10.3 Å². The molecule has 0 aliphatic rings. The summed E-state index contributed by atoms with van der Waals surface area (Å²) in [5.41, 5.74) is 2.20. The van der Waals surface area contributed by atoms with Crippen molar-refractivity contribution in [2.24, 2.45) is 4.99 Å². The van der Waals surface area contributed by atoms with Crippen LogP contribution in [0.5, 0.6) is 0 Å². The van der Waals surface area contributed by atoms with Crippen LogP contribution in [0.1, 0.15) is 12.5 Å². The molecule has 0 saturated heterocycles. The van der Waals surface area contributed by atoms with Gasteiger partial charge in [-0.25, -0.2) is 13.1 Å². The average molecular weight is 590 g/mol. The number of non-ortho nitro benzene ring substituents is 1. The fourth-order valence-corrected chi connectivity index (χ4v) is 5.11. The molecule has 14 heteroatoms. The third-order valence-corrected chi connectivity index (χ3v) is 7.52. The van der Waals surface area contributed by atoms with Gasteiger partial charge in [0.05, 0.1) is 38.2 Å². The van der Waals surface area contributed by atoms with Gasteiger partial charge in [0, 0.05) is 17.7 Å². The van der Waals surface area contributed by atoms with Gasteiger partial charge in [-0.1, -0.05) is 41.9 Å². The molecule has 12 nitrogen and oxygen atoms in total. The van der Waals surface area contributed by atoms with Crippen LogP contribution in [-0.4, -0.2) is 39.0 Å². The van der Waals surface area contributed by atoms with Gasteiger partial charge in [-0.05, 0) is 55.5 Å². The first kappa shape index (κ1) is 27.4. The lowest BCUT2D eigenvalue weighted by Gasteiger charge is -2.07. The van der Waals surface area contributed by atoms with Crippen LogP contribution in [0.2, 0.25) is 5.15 Å². The molecule has 0 amide bonds. The fraction of sp³-hybridized carbons (Fsp3) is 0.0370. The van der Waals surface area contributed by atoms with Crippen molar-refractivity contribution in [1.29, 1.82) is 0 Å². The van der Waals surface area contributed by atoms with Crippen LogP contribution in [0.25, 0.3) is 16.9 Å². The molecule has 5 aromatic rings. The summed E-state index contributed by atoms with van der Waals surface area (Å²) < 4.78 is 29.1. The highest BCUT2D eigenvalue weighted by Gasteiger charge is 2.20. The minimum atomic E-state index is -3.95. The Morgan fingerprint density at radius 3 is 2.27 bits per heavy atom. The number of nitro benzene ring substituents is 1. The largest absolute Gasteiger partial charge is 0.290 e. The Hall–Kier alpha value is -5.14. The van der Waals surface area contributed by atoms with Gasteiger partial charge in [0.15, 0.2) is 11.0 Å². The van der Waals surface area contributed by atoms with E-state index in [4.69, 9.17) is 11.6 Å². The van der Waals surface area contributed by atoms with E-state index in [1.54, 1.807) is 6.92 Å². The standard InChI is InChI=1S/C27H20ClN7O5S/c1-17(29-19-7-13-22(14-8-19)41(39,40)33-24-16-15-23(28)30-31-24)25-26(18-5-3-2-4-6-18)32-34(27(25)36)20-9-11-21(12-10-20)35(37)38/h2-16,32H,1H3,(H,31,33). The number of rotatable bonds is 8. The van der Waals surface area contributed by atoms with Crippen molar-refractivity contribution >= 4 is 44.5 Å². The number of halogens is 1. The van der Waals surface area contributed by atoms with E-state index < -0.39 is 20.5 Å². The maximum atomic E-state index is 13.6. The number of hydrogen-bond acceptors (Lipinski definition) is 8. The normalized spacial score (nSPS) is 11.8. The van der Waals surface area contributed by atoms with Crippen LogP contribution in [0.3, 0.4) is 0 Å². The lowest BCUT2D eigenvalue weighted by Crippen LogP contribution is -2.19. The second-order valence-corrected chi connectivity index (χ2v) is 10.7. The quantitative estimate of drug-likeness (QED) is 0.144. The summed E-state index contributed by atoms with van der Waals surface area (Å²) in [4.78, 5) is 28.7. The van der Waals surface area contributed by atoms with E-state index >= 15 is 0 Å². The second-order valence-electron chi connectivity index (χ2n) is 8.68. The zero-order valence-corrected chi connectivity index (χ0v) is 22.8. The van der Waals surface area contributed by atoms with Gasteiger partial charge in [0.25, 0.3) is 21.3 Å². The molecule has 0 aliphatic heterocycles. The number of aromatic nitrogens is 4. The van der Waals surface area contributed by atoms with E-state index in [2.05, 4.69) is 25.0 Å². The summed E-state index contributed by atoms with van der Waals surface area (Å²) >= 11 is 5.70. The Morgan fingerprint density at radius 2 is 1.66 bits per heavy atom. The molecule has 0 atom stereocenters. The van der Waals surface area contributed by atoms with Gasteiger partial charge in [0.2, 0.25) is 0 Å². The molecule has 0 spiro atoms. The first-order chi connectivity index (χ1) is 19.6. The predicted molar refractivity (Wildman–Crippen MR) is 155 cm³/mol. The van der Waals surface area contributed by atoms with E-state index in [1.165, 1.54) is 65.3 Å². The van der Waals surface area contributed by atoms with Crippen molar-refractivity contribution in [2.45, 2.75) is 11.8 Å². The number of H-pyrrole nitrogens is 1. The molecule has 0 saturated carbocycles. The molecule has 5 rings (SSSR count). The molecule has 2 N–H and O–H groups in total. The zero-order chi connectivity index (χ0) is 29.1. The SMILES string of the molecule is CC(=Nc1ccc(S(=O)(=O)Nc2ccc(Cl)nn2)cc1)c1c(-c2ccccc2)[nH]n(-c2ccc([N+](=O)[O-])cc2)c1=O. The average Bonchev–Trinajstić information content (AvgIpc) is 3.32. The Balaban J connectivity index is 1.50. The molecule has 0 unspecified atom stereocenters. The van der Waals surface area contributed by atoms with Crippen LogP contribution >= 0.6 is 11.6 Å². The van der Waals surface area contributed by atoms with Gasteiger partial charge in [-0.15, -0.1) is 10.2 Å². The smallest absolute Gasteiger partial charge is 0.280 e. The van der Waals surface area contributed by atoms with Gasteiger partial charge in [-0.2, -0.15) is 0 Å². The van der Waals surface area contributed by atoms with Gasteiger partial charge < -0.3 is 0 Å². The lowest BCUT2D eigenvalue weighted by atomic mass is 10.1. The van der Waals surface area contributed by atoms with Gasteiger partial charge >= 0.3 is 0 Å². The summed E-state index contributed by atoms with van der Waals surface area (Å²) in [5, 5.41) is 21.6. The van der Waals surface area contributed by atoms with E-state index in [-0.39, 0.29) is 27.1 Å². The summed E-state index contributed by atoms with van der Waals surface area (Å²) in [6.45, 7) is 1.67.